The lowest BCUT2D eigenvalue weighted by Gasteiger charge is -2.35. The van der Waals surface area contributed by atoms with E-state index in [4.69, 9.17) is 4.74 Å². The van der Waals surface area contributed by atoms with Crippen LogP contribution in [0.25, 0.3) is 0 Å². The molecule has 3 aromatic rings. The molecule has 2 aromatic carbocycles. The number of carbonyl (C=O) groups is 1. The Hall–Kier alpha value is -3.71. The number of amides is 1. The van der Waals surface area contributed by atoms with Crippen LogP contribution < -0.4 is 15.4 Å². The molecule has 50 heavy (non-hydrogen) atoms. The average molecular weight is 719 g/mol. The number of halogens is 3. The molecule has 5 rings (SSSR count). The molecular formula is C35H46F3N6O5P. The van der Waals surface area contributed by atoms with Gasteiger partial charge in [-0.25, -0.2) is 4.98 Å². The van der Waals surface area contributed by atoms with Crippen LogP contribution in [0.1, 0.15) is 97.8 Å². The summed E-state index contributed by atoms with van der Waals surface area (Å²) in [4.78, 5) is 45.9. The molecule has 0 saturated heterocycles. The van der Waals surface area contributed by atoms with Gasteiger partial charge in [0.1, 0.15) is 17.1 Å². The van der Waals surface area contributed by atoms with Crippen molar-refractivity contribution in [3.63, 3.8) is 0 Å². The predicted octanol–water partition coefficient (Wildman–Crippen LogP) is 7.75. The Morgan fingerprint density at radius 2 is 1.70 bits per heavy atom. The lowest BCUT2D eigenvalue weighted by Crippen LogP contribution is -2.34. The van der Waals surface area contributed by atoms with Crippen molar-refractivity contribution >= 4 is 36.6 Å². The van der Waals surface area contributed by atoms with Gasteiger partial charge in [0.2, 0.25) is 5.95 Å². The number of alkyl halides is 3. The monoisotopic (exact) mass is 718 g/mol. The fourth-order valence-electron chi connectivity index (χ4n) is 7.47. The van der Waals surface area contributed by atoms with Crippen LogP contribution in [0.3, 0.4) is 0 Å². The molecule has 0 unspecified atom stereocenters. The molecule has 272 valence electrons. The standard InChI is InChI=1S/C35H46F3N6O5P/c1-7-34(8-2,50(46,47)48)22-12-16-27(29(18-22)49-6)41-33-39-19-26(35(36,37)38)31(42-33)40-28-17-15-24(25-20-44(5)32(45)30(25)28)21-10-13-23(14-11-21)43(4)9-3/h12,15-19,21,23H,7-11,13-14,20H2,1-6H3,(H2,46,47,48)(H2,39,40,41,42). The van der Waals surface area contributed by atoms with Gasteiger partial charge in [0.25, 0.3) is 5.91 Å². The Morgan fingerprint density at radius 3 is 2.28 bits per heavy atom. The fraction of sp³-hybridized carbons (Fsp3) is 0.514. The number of hydrogen-bond donors (Lipinski definition) is 4. The van der Waals surface area contributed by atoms with Crippen LogP contribution >= 0.6 is 7.60 Å². The van der Waals surface area contributed by atoms with Crippen LogP contribution in [0.15, 0.2) is 36.5 Å². The fourth-order valence-corrected chi connectivity index (χ4v) is 8.77. The summed E-state index contributed by atoms with van der Waals surface area (Å²) < 4.78 is 60.9. The van der Waals surface area contributed by atoms with Crippen LogP contribution in [0.5, 0.6) is 5.75 Å². The van der Waals surface area contributed by atoms with Crippen molar-refractivity contribution in [3.8, 4) is 5.75 Å². The van der Waals surface area contributed by atoms with Gasteiger partial charge in [0.05, 0.1) is 29.2 Å². The lowest BCUT2D eigenvalue weighted by atomic mass is 9.79. The molecule has 1 aliphatic heterocycles. The number of nitrogens with zero attached hydrogens (tertiary/aromatic N) is 4. The van der Waals surface area contributed by atoms with Gasteiger partial charge in [0.15, 0.2) is 0 Å². The summed E-state index contributed by atoms with van der Waals surface area (Å²) >= 11 is 0. The van der Waals surface area contributed by atoms with E-state index in [0.29, 0.717) is 29.9 Å². The molecular weight excluding hydrogens is 672 g/mol. The highest BCUT2D eigenvalue weighted by Crippen LogP contribution is 2.61. The van der Waals surface area contributed by atoms with Gasteiger partial charge in [0, 0.05) is 25.8 Å². The third kappa shape index (κ3) is 7.08. The maximum absolute atomic E-state index is 14.3. The number of fused-ring (bicyclic) bond motifs is 1. The zero-order chi connectivity index (χ0) is 36.6. The number of carbonyl (C=O) groups excluding carboxylic acids is 1. The van der Waals surface area contributed by atoms with Crippen molar-refractivity contribution in [2.45, 2.75) is 89.1 Å². The van der Waals surface area contributed by atoms with Gasteiger partial charge >= 0.3 is 13.8 Å². The normalized spacial score (nSPS) is 18.4. The molecule has 1 amide bonds. The number of hydrogen-bond acceptors (Lipinski definition) is 8. The van der Waals surface area contributed by atoms with Crippen molar-refractivity contribution < 1.29 is 37.1 Å². The smallest absolute Gasteiger partial charge is 0.421 e. The van der Waals surface area contributed by atoms with E-state index in [1.807, 2.05) is 6.07 Å². The molecule has 0 radical (unpaired) electrons. The van der Waals surface area contributed by atoms with Crippen LogP contribution in [0.2, 0.25) is 0 Å². The second kappa shape index (κ2) is 14.5. The molecule has 0 bridgehead atoms. The average Bonchev–Trinajstić information content (AvgIpc) is 3.38. The minimum atomic E-state index is -4.80. The van der Waals surface area contributed by atoms with Gasteiger partial charge < -0.3 is 35.0 Å². The van der Waals surface area contributed by atoms with Gasteiger partial charge in [-0.15, -0.1) is 0 Å². The van der Waals surface area contributed by atoms with E-state index in [1.165, 1.54) is 19.2 Å². The Kier molecular flexibility index (Phi) is 10.9. The molecule has 15 heteroatoms. The summed E-state index contributed by atoms with van der Waals surface area (Å²) in [7, 11) is 0.602. The van der Waals surface area contributed by atoms with Gasteiger partial charge in [-0.3, -0.25) is 9.36 Å². The van der Waals surface area contributed by atoms with E-state index >= 15 is 0 Å². The van der Waals surface area contributed by atoms with Crippen molar-refractivity contribution in [2.75, 3.05) is 38.4 Å². The number of rotatable bonds is 12. The highest BCUT2D eigenvalue weighted by atomic mass is 31.2. The molecule has 2 heterocycles. The first-order valence-corrected chi connectivity index (χ1v) is 18.5. The molecule has 1 saturated carbocycles. The van der Waals surface area contributed by atoms with E-state index in [9.17, 15) is 32.3 Å². The Morgan fingerprint density at radius 1 is 1.04 bits per heavy atom. The first-order valence-electron chi connectivity index (χ1n) is 16.9. The van der Waals surface area contributed by atoms with Crippen LogP contribution in [-0.2, 0) is 22.4 Å². The summed E-state index contributed by atoms with van der Waals surface area (Å²) in [5.74, 6) is -0.562. The molecule has 11 nitrogen and oxygen atoms in total. The zero-order valence-corrected chi connectivity index (χ0v) is 30.2. The maximum atomic E-state index is 14.3. The van der Waals surface area contributed by atoms with Gasteiger partial charge in [-0.1, -0.05) is 32.9 Å². The number of nitrogens with one attached hydrogen (secondary N) is 2. The molecule has 2 aliphatic rings. The van der Waals surface area contributed by atoms with E-state index in [1.54, 1.807) is 37.9 Å². The molecule has 1 fully saturated rings. The quantitative estimate of drug-likeness (QED) is 0.138. The number of aromatic nitrogens is 2. The minimum absolute atomic E-state index is 0.168. The summed E-state index contributed by atoms with van der Waals surface area (Å²) in [5.41, 5.74) is 1.98. The molecule has 0 spiro atoms. The second-order valence-electron chi connectivity index (χ2n) is 13.2. The Labute approximate surface area is 290 Å². The Bertz CT molecular complexity index is 1770. The van der Waals surface area contributed by atoms with Crippen molar-refractivity contribution in [2.24, 2.45) is 0 Å². The van der Waals surface area contributed by atoms with Gasteiger partial charge in [-0.2, -0.15) is 18.2 Å². The second-order valence-corrected chi connectivity index (χ2v) is 15.1. The SMILES string of the molecule is CCN(C)C1CCC(c2ccc(Nc3nc(Nc4ccc(C(CC)(CC)P(=O)(O)O)cc4OC)ncc3C(F)(F)F)c3c2CN(C)C3=O)CC1. The summed E-state index contributed by atoms with van der Waals surface area (Å²) in [5, 5.41) is 4.28. The van der Waals surface area contributed by atoms with Gasteiger partial charge in [-0.05, 0) is 92.9 Å². The topological polar surface area (TPSA) is 140 Å². The largest absolute Gasteiger partial charge is 0.495 e. The highest BCUT2D eigenvalue weighted by Gasteiger charge is 2.46. The van der Waals surface area contributed by atoms with E-state index in [2.05, 4.69) is 39.5 Å². The summed E-state index contributed by atoms with van der Waals surface area (Å²) in [6.45, 7) is 6.87. The van der Waals surface area contributed by atoms with Crippen molar-refractivity contribution in [1.82, 2.24) is 19.8 Å². The maximum Gasteiger partial charge on any atom is 0.421 e. The number of benzene rings is 2. The first-order chi connectivity index (χ1) is 23.6. The van der Waals surface area contributed by atoms with E-state index in [-0.39, 0.29) is 47.7 Å². The number of ether oxygens (including phenoxy) is 1. The lowest BCUT2D eigenvalue weighted by molar-refractivity contribution is -0.137. The molecule has 1 aromatic heterocycles. The van der Waals surface area contributed by atoms with Crippen LogP contribution in [0.4, 0.5) is 36.3 Å². The van der Waals surface area contributed by atoms with E-state index in [0.717, 1.165) is 43.4 Å². The highest BCUT2D eigenvalue weighted by molar-refractivity contribution is 7.53. The number of methoxy groups -OCH3 is 1. The minimum Gasteiger partial charge on any atom is -0.495 e. The van der Waals surface area contributed by atoms with Crippen LogP contribution in [0, 0.1) is 0 Å². The third-order valence-corrected chi connectivity index (χ3v) is 12.6. The third-order valence-electron chi connectivity index (χ3n) is 10.6. The van der Waals surface area contributed by atoms with E-state index < -0.39 is 30.3 Å². The predicted molar refractivity (Wildman–Crippen MR) is 186 cm³/mol. The number of anilines is 4. The first kappa shape index (κ1) is 37.5. The van der Waals surface area contributed by atoms with Crippen molar-refractivity contribution in [1.29, 1.82) is 0 Å². The molecule has 1 aliphatic carbocycles. The Balaban J connectivity index is 1.49. The molecule has 4 N–H and O–H groups in total. The molecule has 0 atom stereocenters. The van der Waals surface area contributed by atoms with Crippen LogP contribution in [-0.4, -0.2) is 69.3 Å². The van der Waals surface area contributed by atoms with Crippen molar-refractivity contribution in [3.05, 3.63) is 64.3 Å². The summed E-state index contributed by atoms with van der Waals surface area (Å²) in [6.07, 6.45) is 0.200. The zero-order valence-electron chi connectivity index (χ0n) is 29.3. The summed E-state index contributed by atoms with van der Waals surface area (Å²) in [6, 6.07) is 8.66.